The number of benzene rings is 1. The number of ether oxygens (including phenoxy) is 1. The molecule has 0 radical (unpaired) electrons. The fourth-order valence-corrected chi connectivity index (χ4v) is 3.92. The lowest BCUT2D eigenvalue weighted by Gasteiger charge is -2.31. The average molecular weight is 400 g/mol. The van der Waals surface area contributed by atoms with Crippen molar-refractivity contribution in [2.24, 2.45) is 5.92 Å². The molecule has 7 heteroatoms. The summed E-state index contributed by atoms with van der Waals surface area (Å²) >= 11 is 0. The molecule has 1 aromatic rings. The number of hydrogen-bond acceptors (Lipinski definition) is 5. The molecule has 3 rings (SSSR count). The van der Waals surface area contributed by atoms with E-state index in [4.69, 9.17) is 4.74 Å². The molecule has 1 aromatic carbocycles. The van der Waals surface area contributed by atoms with E-state index in [1.807, 2.05) is 13.8 Å². The van der Waals surface area contributed by atoms with Gasteiger partial charge in [0, 0.05) is 13.1 Å². The Morgan fingerprint density at radius 2 is 1.52 bits per heavy atom. The topological polar surface area (TPSA) is 84.0 Å². The Morgan fingerprint density at radius 3 is 2.03 bits per heavy atom. The second-order valence-electron chi connectivity index (χ2n) is 8.14. The average Bonchev–Trinajstić information content (AvgIpc) is 2.96. The van der Waals surface area contributed by atoms with Crippen molar-refractivity contribution in [3.63, 3.8) is 0 Å². The molecule has 156 valence electrons. The summed E-state index contributed by atoms with van der Waals surface area (Å²) in [5.74, 6) is -1.90. The third-order valence-electron chi connectivity index (χ3n) is 5.41. The summed E-state index contributed by atoms with van der Waals surface area (Å²) in [4.78, 5) is 53.9. The maximum Gasteiger partial charge on any atom is 0.330 e. The van der Waals surface area contributed by atoms with Gasteiger partial charge in [0.25, 0.3) is 17.7 Å². The molecule has 0 saturated carbocycles. The number of carbonyl (C=O) groups excluding carboxylic acids is 4. The first-order valence-electron chi connectivity index (χ1n) is 10.3. The quantitative estimate of drug-likeness (QED) is 0.541. The Hall–Kier alpha value is -2.70. The minimum atomic E-state index is -1.06. The summed E-state index contributed by atoms with van der Waals surface area (Å²) in [6, 6.07) is 5.47. The van der Waals surface area contributed by atoms with Crippen molar-refractivity contribution in [1.29, 1.82) is 0 Å². The van der Waals surface area contributed by atoms with Crippen molar-refractivity contribution >= 4 is 23.7 Å². The predicted molar refractivity (Wildman–Crippen MR) is 106 cm³/mol. The zero-order valence-corrected chi connectivity index (χ0v) is 17.2. The Balaban J connectivity index is 1.76. The molecule has 2 atom stereocenters. The molecule has 29 heavy (non-hydrogen) atoms. The van der Waals surface area contributed by atoms with Gasteiger partial charge in [-0.3, -0.25) is 19.3 Å². The highest BCUT2D eigenvalue weighted by molar-refractivity contribution is 6.22. The number of carbonyl (C=O) groups is 4. The van der Waals surface area contributed by atoms with E-state index in [-0.39, 0.29) is 29.4 Å². The van der Waals surface area contributed by atoms with Crippen molar-refractivity contribution in [2.75, 3.05) is 13.1 Å². The van der Waals surface area contributed by atoms with Gasteiger partial charge in [-0.25, -0.2) is 4.79 Å². The van der Waals surface area contributed by atoms with Crippen molar-refractivity contribution in [3.8, 4) is 0 Å². The Labute approximate surface area is 171 Å². The first kappa shape index (κ1) is 21.0. The molecule has 0 unspecified atom stereocenters. The van der Waals surface area contributed by atoms with Gasteiger partial charge in [-0.1, -0.05) is 26.0 Å². The van der Waals surface area contributed by atoms with Crippen molar-refractivity contribution < 1.29 is 23.9 Å². The maximum absolute atomic E-state index is 13.0. The van der Waals surface area contributed by atoms with Gasteiger partial charge in [-0.15, -0.1) is 0 Å². The fourth-order valence-electron chi connectivity index (χ4n) is 3.92. The van der Waals surface area contributed by atoms with Crippen LogP contribution in [0.25, 0.3) is 0 Å². The van der Waals surface area contributed by atoms with Crippen LogP contribution in [0.4, 0.5) is 0 Å². The molecule has 2 aliphatic rings. The molecular formula is C22H28N2O5. The molecule has 0 N–H and O–H groups in total. The van der Waals surface area contributed by atoms with Crippen LogP contribution in [0.15, 0.2) is 24.3 Å². The molecular weight excluding hydrogens is 372 g/mol. The number of fused-ring (bicyclic) bond motifs is 1. The predicted octanol–water partition coefficient (Wildman–Crippen LogP) is 2.64. The zero-order chi connectivity index (χ0) is 21.1. The van der Waals surface area contributed by atoms with E-state index in [2.05, 4.69) is 0 Å². The number of nitrogens with zero attached hydrogens (tertiary/aromatic N) is 2. The highest BCUT2D eigenvalue weighted by atomic mass is 16.5. The molecule has 2 heterocycles. The lowest BCUT2D eigenvalue weighted by atomic mass is 10.0. The number of amides is 3. The number of hydrogen-bond donors (Lipinski definition) is 0. The van der Waals surface area contributed by atoms with Gasteiger partial charge in [0.2, 0.25) is 0 Å². The minimum Gasteiger partial charge on any atom is -0.451 e. The third-order valence-corrected chi connectivity index (χ3v) is 5.41. The normalized spacial score (nSPS) is 18.6. The molecule has 1 fully saturated rings. The minimum absolute atomic E-state index is 0.0463. The van der Waals surface area contributed by atoms with Gasteiger partial charge in [0.1, 0.15) is 6.04 Å². The number of rotatable bonds is 6. The standard InChI is InChI=1S/C22H28N2O5/c1-14(2)13-18(24-20(26)16-9-5-6-10-17(16)21(24)27)22(28)29-15(3)19(25)23-11-7-4-8-12-23/h5-6,9-10,14-15,18H,4,7-8,11-13H2,1-3H3/t15-,18-/m1/s1. The zero-order valence-electron chi connectivity index (χ0n) is 17.2. The molecule has 7 nitrogen and oxygen atoms in total. The number of likely N-dealkylation sites (tertiary alicyclic amines) is 1. The van der Waals surface area contributed by atoms with E-state index in [0.717, 1.165) is 24.2 Å². The number of esters is 1. The third kappa shape index (κ3) is 4.33. The van der Waals surface area contributed by atoms with Gasteiger partial charge >= 0.3 is 5.97 Å². The van der Waals surface area contributed by atoms with Crippen LogP contribution in [-0.2, 0) is 14.3 Å². The summed E-state index contributed by atoms with van der Waals surface area (Å²) in [7, 11) is 0. The van der Waals surface area contributed by atoms with Crippen LogP contribution >= 0.6 is 0 Å². The van der Waals surface area contributed by atoms with Crippen LogP contribution in [0.2, 0.25) is 0 Å². The van der Waals surface area contributed by atoms with Gasteiger partial charge in [-0.05, 0) is 50.7 Å². The largest absolute Gasteiger partial charge is 0.451 e. The van der Waals surface area contributed by atoms with Crippen LogP contribution in [-0.4, -0.2) is 58.7 Å². The van der Waals surface area contributed by atoms with Gasteiger partial charge < -0.3 is 9.64 Å². The molecule has 0 aliphatic carbocycles. The molecule has 0 spiro atoms. The molecule has 0 bridgehead atoms. The number of imide groups is 1. The van der Waals surface area contributed by atoms with E-state index in [9.17, 15) is 19.2 Å². The summed E-state index contributed by atoms with van der Waals surface area (Å²) in [5.41, 5.74) is 0.577. The van der Waals surface area contributed by atoms with Crippen molar-refractivity contribution in [2.45, 2.75) is 58.6 Å². The van der Waals surface area contributed by atoms with Crippen LogP contribution < -0.4 is 0 Å². The molecule has 1 saturated heterocycles. The number of piperidine rings is 1. The Kier molecular flexibility index (Phi) is 6.35. The van der Waals surface area contributed by atoms with Crippen LogP contribution in [0.3, 0.4) is 0 Å². The maximum atomic E-state index is 13.0. The van der Waals surface area contributed by atoms with E-state index in [1.165, 1.54) is 0 Å². The smallest absolute Gasteiger partial charge is 0.330 e. The van der Waals surface area contributed by atoms with Gasteiger partial charge in [-0.2, -0.15) is 0 Å². The fraction of sp³-hybridized carbons (Fsp3) is 0.545. The summed E-state index contributed by atoms with van der Waals surface area (Å²) in [6.45, 7) is 6.67. The van der Waals surface area contributed by atoms with Crippen LogP contribution in [0.1, 0.15) is 67.2 Å². The SMILES string of the molecule is CC(C)C[C@H](C(=O)O[C@H](C)C(=O)N1CCCCC1)N1C(=O)c2ccccc2C1=O. The van der Waals surface area contributed by atoms with Crippen LogP contribution in [0.5, 0.6) is 0 Å². The first-order chi connectivity index (χ1) is 13.8. The summed E-state index contributed by atoms with van der Waals surface area (Å²) < 4.78 is 5.46. The summed E-state index contributed by atoms with van der Waals surface area (Å²) in [6.07, 6.45) is 2.29. The highest BCUT2D eigenvalue weighted by Gasteiger charge is 2.44. The molecule has 2 aliphatic heterocycles. The van der Waals surface area contributed by atoms with E-state index < -0.39 is 29.9 Å². The summed E-state index contributed by atoms with van der Waals surface area (Å²) in [5, 5.41) is 0. The lowest BCUT2D eigenvalue weighted by Crippen LogP contribution is -2.49. The Bertz CT molecular complexity index is 778. The van der Waals surface area contributed by atoms with Crippen molar-refractivity contribution in [3.05, 3.63) is 35.4 Å². The monoisotopic (exact) mass is 400 g/mol. The van der Waals surface area contributed by atoms with Gasteiger partial charge in [0.15, 0.2) is 6.10 Å². The highest BCUT2D eigenvalue weighted by Crippen LogP contribution is 2.27. The lowest BCUT2D eigenvalue weighted by molar-refractivity contribution is -0.163. The van der Waals surface area contributed by atoms with Crippen LogP contribution in [0, 0.1) is 5.92 Å². The molecule has 0 aromatic heterocycles. The first-order valence-corrected chi connectivity index (χ1v) is 10.3. The van der Waals surface area contributed by atoms with E-state index in [0.29, 0.717) is 13.1 Å². The van der Waals surface area contributed by atoms with E-state index >= 15 is 0 Å². The van der Waals surface area contributed by atoms with E-state index in [1.54, 1.807) is 36.1 Å². The Morgan fingerprint density at radius 1 is 0.966 bits per heavy atom. The van der Waals surface area contributed by atoms with Crippen molar-refractivity contribution in [1.82, 2.24) is 9.80 Å². The van der Waals surface area contributed by atoms with Gasteiger partial charge in [0.05, 0.1) is 11.1 Å². The second-order valence-corrected chi connectivity index (χ2v) is 8.14. The molecule has 3 amide bonds. The second kappa shape index (κ2) is 8.76.